The fraction of sp³-hybridized carbons (Fsp3) is 0.222. The number of aromatic nitrogens is 1. The summed E-state index contributed by atoms with van der Waals surface area (Å²) in [5, 5.41) is 1.73. The second-order valence-electron chi connectivity index (χ2n) is 6.32. The average molecular weight is 294 g/mol. The Morgan fingerprint density at radius 3 is 2.55 bits per heavy atom. The minimum atomic E-state index is -0.557. The summed E-state index contributed by atoms with van der Waals surface area (Å²) in [6.07, 6.45) is 0. The summed E-state index contributed by atoms with van der Waals surface area (Å²) in [6, 6.07) is 13.2. The van der Waals surface area contributed by atoms with E-state index in [1.807, 2.05) is 51.1 Å². The standard InChI is InChI=1S/C18H18N2O2/c1-18(2,3)22-17(21)14-9-12(19)10-16-13(14)8-11-6-4-5-7-15(11)20-16/h4-10H,19H2,1-3H3. The van der Waals surface area contributed by atoms with Gasteiger partial charge in [0.05, 0.1) is 16.6 Å². The van der Waals surface area contributed by atoms with Crippen LogP contribution in [-0.2, 0) is 4.74 Å². The maximum atomic E-state index is 12.5. The molecule has 22 heavy (non-hydrogen) atoms. The van der Waals surface area contributed by atoms with Crippen molar-refractivity contribution in [1.82, 2.24) is 4.98 Å². The van der Waals surface area contributed by atoms with Crippen molar-refractivity contribution in [3.63, 3.8) is 0 Å². The number of fused-ring (bicyclic) bond motifs is 2. The molecule has 0 aliphatic rings. The van der Waals surface area contributed by atoms with Gasteiger partial charge in [0.1, 0.15) is 5.60 Å². The summed E-state index contributed by atoms with van der Waals surface area (Å²) in [7, 11) is 0. The first-order valence-electron chi connectivity index (χ1n) is 7.16. The predicted octanol–water partition coefficient (Wildman–Crippen LogP) is 3.93. The molecule has 2 N–H and O–H groups in total. The van der Waals surface area contributed by atoms with E-state index < -0.39 is 5.60 Å². The highest BCUT2D eigenvalue weighted by Crippen LogP contribution is 2.27. The number of pyridine rings is 1. The number of nitrogens with zero attached hydrogens (tertiary/aromatic N) is 1. The fourth-order valence-electron chi connectivity index (χ4n) is 2.40. The van der Waals surface area contributed by atoms with Crippen LogP contribution >= 0.6 is 0 Å². The van der Waals surface area contributed by atoms with Gasteiger partial charge in [-0.15, -0.1) is 0 Å². The highest BCUT2D eigenvalue weighted by molar-refractivity contribution is 6.07. The number of hydrogen-bond donors (Lipinski definition) is 1. The van der Waals surface area contributed by atoms with Crippen LogP contribution in [0.1, 0.15) is 31.1 Å². The first-order chi connectivity index (χ1) is 10.3. The Labute approximate surface area is 128 Å². The Hall–Kier alpha value is -2.62. The Morgan fingerprint density at radius 1 is 1.09 bits per heavy atom. The summed E-state index contributed by atoms with van der Waals surface area (Å²) < 4.78 is 5.48. The Morgan fingerprint density at radius 2 is 1.82 bits per heavy atom. The molecule has 112 valence electrons. The van der Waals surface area contributed by atoms with Crippen LogP contribution in [0.4, 0.5) is 5.69 Å². The number of nitrogens with two attached hydrogens (primary N) is 1. The van der Waals surface area contributed by atoms with Gasteiger partial charge in [-0.1, -0.05) is 18.2 Å². The van der Waals surface area contributed by atoms with Crippen molar-refractivity contribution in [3.8, 4) is 0 Å². The average Bonchev–Trinajstić information content (AvgIpc) is 2.42. The number of benzene rings is 2. The van der Waals surface area contributed by atoms with Crippen molar-refractivity contribution in [3.05, 3.63) is 48.0 Å². The SMILES string of the molecule is CC(C)(C)OC(=O)c1cc(N)cc2nc3ccccc3cc12. The minimum Gasteiger partial charge on any atom is -0.456 e. The number of ether oxygens (including phenoxy) is 1. The summed E-state index contributed by atoms with van der Waals surface area (Å²) in [5.74, 6) is -0.387. The van der Waals surface area contributed by atoms with Crippen LogP contribution in [0, 0.1) is 0 Å². The lowest BCUT2D eigenvalue weighted by Crippen LogP contribution is -2.24. The number of rotatable bonds is 1. The molecule has 0 bridgehead atoms. The van der Waals surface area contributed by atoms with Gasteiger partial charge in [0.25, 0.3) is 0 Å². The number of carbonyl (C=O) groups is 1. The van der Waals surface area contributed by atoms with Crippen molar-refractivity contribution in [2.24, 2.45) is 0 Å². The van der Waals surface area contributed by atoms with Crippen molar-refractivity contribution in [2.75, 3.05) is 5.73 Å². The molecule has 4 heteroatoms. The molecule has 3 aromatic rings. The third kappa shape index (κ3) is 2.72. The topological polar surface area (TPSA) is 65.2 Å². The number of esters is 1. The largest absolute Gasteiger partial charge is 0.456 e. The quantitative estimate of drug-likeness (QED) is 0.419. The third-order valence-electron chi connectivity index (χ3n) is 3.28. The molecule has 4 nitrogen and oxygen atoms in total. The number of hydrogen-bond acceptors (Lipinski definition) is 4. The van der Waals surface area contributed by atoms with E-state index in [0.717, 1.165) is 16.3 Å². The third-order valence-corrected chi connectivity index (χ3v) is 3.28. The minimum absolute atomic E-state index is 0.387. The number of anilines is 1. The number of carbonyl (C=O) groups excluding carboxylic acids is 1. The molecule has 0 fully saturated rings. The highest BCUT2D eigenvalue weighted by atomic mass is 16.6. The van der Waals surface area contributed by atoms with Gasteiger partial charge in [0.2, 0.25) is 0 Å². The highest BCUT2D eigenvalue weighted by Gasteiger charge is 2.20. The Kier molecular flexibility index (Phi) is 3.24. The zero-order valence-corrected chi connectivity index (χ0v) is 12.9. The molecule has 0 saturated heterocycles. The van der Waals surface area contributed by atoms with Crippen molar-refractivity contribution < 1.29 is 9.53 Å². The van der Waals surface area contributed by atoms with Crippen LogP contribution in [0.2, 0.25) is 0 Å². The van der Waals surface area contributed by atoms with Gasteiger partial charge in [-0.2, -0.15) is 0 Å². The molecule has 0 spiro atoms. The lowest BCUT2D eigenvalue weighted by atomic mass is 10.0. The van der Waals surface area contributed by atoms with Gasteiger partial charge in [0.15, 0.2) is 0 Å². The molecule has 0 radical (unpaired) electrons. The molecule has 1 heterocycles. The first-order valence-corrected chi connectivity index (χ1v) is 7.16. The van der Waals surface area contributed by atoms with E-state index >= 15 is 0 Å². The smallest absolute Gasteiger partial charge is 0.339 e. The molecule has 3 rings (SSSR count). The van der Waals surface area contributed by atoms with Crippen molar-refractivity contribution in [1.29, 1.82) is 0 Å². The molecule has 0 unspecified atom stereocenters. The Bertz CT molecular complexity index is 879. The lowest BCUT2D eigenvalue weighted by Gasteiger charge is -2.20. The van der Waals surface area contributed by atoms with Crippen LogP contribution in [0.25, 0.3) is 21.8 Å². The number of nitrogen functional groups attached to an aromatic ring is 1. The fourth-order valence-corrected chi connectivity index (χ4v) is 2.40. The molecular formula is C18H18N2O2. The first kappa shape index (κ1) is 14.3. The molecule has 0 amide bonds. The van der Waals surface area contributed by atoms with Gasteiger partial charge in [-0.25, -0.2) is 9.78 Å². The molecule has 0 aliphatic heterocycles. The van der Waals surface area contributed by atoms with Crippen LogP contribution in [-0.4, -0.2) is 16.6 Å². The van der Waals surface area contributed by atoms with E-state index in [4.69, 9.17) is 10.5 Å². The molecular weight excluding hydrogens is 276 g/mol. The normalized spacial score (nSPS) is 11.8. The van der Waals surface area contributed by atoms with Gasteiger partial charge < -0.3 is 10.5 Å². The summed E-state index contributed by atoms with van der Waals surface area (Å²) >= 11 is 0. The van der Waals surface area contributed by atoms with E-state index in [1.165, 1.54) is 0 Å². The maximum absolute atomic E-state index is 12.5. The summed E-state index contributed by atoms with van der Waals surface area (Å²) in [6.45, 7) is 5.52. The van der Waals surface area contributed by atoms with Gasteiger partial charge >= 0.3 is 5.97 Å². The second-order valence-corrected chi connectivity index (χ2v) is 6.32. The molecule has 0 saturated carbocycles. The van der Waals surface area contributed by atoms with Crippen LogP contribution in [0.5, 0.6) is 0 Å². The van der Waals surface area contributed by atoms with E-state index in [2.05, 4.69) is 4.98 Å². The molecule has 2 aromatic carbocycles. The summed E-state index contributed by atoms with van der Waals surface area (Å²) in [4.78, 5) is 17.0. The molecule has 1 aromatic heterocycles. The Balaban J connectivity index is 2.24. The van der Waals surface area contributed by atoms with Crippen LogP contribution < -0.4 is 5.73 Å². The zero-order chi connectivity index (χ0) is 15.9. The van der Waals surface area contributed by atoms with Gasteiger partial charge in [-0.3, -0.25) is 0 Å². The molecule has 0 atom stereocenters. The number of para-hydroxylation sites is 1. The lowest BCUT2D eigenvalue weighted by molar-refractivity contribution is 0.00719. The maximum Gasteiger partial charge on any atom is 0.339 e. The van der Waals surface area contributed by atoms with Crippen molar-refractivity contribution >= 4 is 33.5 Å². The second kappa shape index (κ2) is 4.98. The van der Waals surface area contributed by atoms with Gasteiger partial charge in [-0.05, 0) is 45.0 Å². The van der Waals surface area contributed by atoms with E-state index in [9.17, 15) is 4.79 Å². The van der Waals surface area contributed by atoms with Crippen LogP contribution in [0.3, 0.4) is 0 Å². The monoisotopic (exact) mass is 294 g/mol. The summed E-state index contributed by atoms with van der Waals surface area (Å²) in [5.41, 5.74) is 7.87. The van der Waals surface area contributed by atoms with E-state index in [1.54, 1.807) is 12.1 Å². The van der Waals surface area contributed by atoms with E-state index in [-0.39, 0.29) is 5.97 Å². The van der Waals surface area contributed by atoms with Crippen LogP contribution in [0.15, 0.2) is 42.5 Å². The van der Waals surface area contributed by atoms with E-state index in [0.29, 0.717) is 16.8 Å². The van der Waals surface area contributed by atoms with Gasteiger partial charge in [0, 0.05) is 16.5 Å². The zero-order valence-electron chi connectivity index (χ0n) is 12.9. The molecule has 0 aliphatic carbocycles. The predicted molar refractivity (Wildman–Crippen MR) is 88.8 cm³/mol. The van der Waals surface area contributed by atoms with Crippen molar-refractivity contribution in [2.45, 2.75) is 26.4 Å².